The monoisotopic (exact) mass is 504 g/mol. The summed E-state index contributed by atoms with van der Waals surface area (Å²) in [5.74, 6) is -5.74. The zero-order chi connectivity index (χ0) is 26.1. The fraction of sp³-hybridized carbons (Fsp3) is 0.385. The molecule has 0 unspecified atom stereocenters. The van der Waals surface area contributed by atoms with Crippen LogP contribution in [0.2, 0.25) is 5.02 Å². The van der Waals surface area contributed by atoms with Crippen molar-refractivity contribution in [2.75, 3.05) is 0 Å². The van der Waals surface area contributed by atoms with Crippen molar-refractivity contribution in [3.05, 3.63) is 51.5 Å². The van der Waals surface area contributed by atoms with Crippen molar-refractivity contribution in [2.45, 2.75) is 65.9 Å². The van der Waals surface area contributed by atoms with Gasteiger partial charge in [-0.1, -0.05) is 44.5 Å². The van der Waals surface area contributed by atoms with Gasteiger partial charge in [0.2, 0.25) is 5.75 Å². The predicted molar refractivity (Wildman–Crippen MR) is 129 cm³/mol. The second kappa shape index (κ2) is 12.9. The number of carbonyl (C=O) groups excluding carboxylic acids is 4. The van der Waals surface area contributed by atoms with E-state index in [-0.39, 0.29) is 25.9 Å². The van der Waals surface area contributed by atoms with Crippen molar-refractivity contribution in [1.29, 1.82) is 0 Å². The molecule has 8 nitrogen and oxygen atoms in total. The molecule has 0 fully saturated rings. The quantitative estimate of drug-likeness (QED) is 0.161. The highest BCUT2D eigenvalue weighted by Gasteiger charge is 2.36. The van der Waals surface area contributed by atoms with Gasteiger partial charge in [-0.2, -0.15) is 0 Å². The van der Waals surface area contributed by atoms with Crippen molar-refractivity contribution >= 4 is 35.1 Å². The summed E-state index contributed by atoms with van der Waals surface area (Å²) in [6.07, 6.45) is 1.01. The van der Waals surface area contributed by atoms with Gasteiger partial charge in [0.05, 0.1) is 16.7 Å². The third kappa shape index (κ3) is 6.82. The molecule has 0 saturated heterocycles. The largest absolute Gasteiger partial charge is 0.504 e. The van der Waals surface area contributed by atoms with Gasteiger partial charge in [-0.3, -0.25) is 14.4 Å². The number of phenols is 2. The lowest BCUT2D eigenvalue weighted by Crippen LogP contribution is -2.20. The maximum atomic E-state index is 13.3. The number of aromatic hydroxyl groups is 2. The summed E-state index contributed by atoms with van der Waals surface area (Å²) in [4.78, 5) is 51.5. The van der Waals surface area contributed by atoms with E-state index in [1.54, 1.807) is 45.0 Å². The highest BCUT2D eigenvalue weighted by Crippen LogP contribution is 2.46. The summed E-state index contributed by atoms with van der Waals surface area (Å²) < 4.78 is 10.6. The number of carbonyl (C=O) groups is 4. The van der Waals surface area contributed by atoms with Crippen LogP contribution >= 0.6 is 11.6 Å². The molecule has 2 aromatic carbocycles. The molecule has 0 heterocycles. The number of phenolic OH excluding ortho intramolecular Hbond substituents is 2. The van der Waals surface area contributed by atoms with Crippen molar-refractivity contribution in [2.24, 2.45) is 0 Å². The molecule has 0 aliphatic rings. The number of hydrogen-bond acceptors (Lipinski definition) is 8. The van der Waals surface area contributed by atoms with Gasteiger partial charge in [0.25, 0.3) is 0 Å². The fourth-order valence-corrected chi connectivity index (χ4v) is 3.54. The van der Waals surface area contributed by atoms with Crippen molar-refractivity contribution in [3.63, 3.8) is 0 Å². The lowest BCUT2D eigenvalue weighted by Gasteiger charge is -2.19. The molecule has 2 N–H and O–H groups in total. The second-order valence-corrected chi connectivity index (χ2v) is 8.36. The minimum atomic E-state index is -1.08. The molecule has 2 aromatic rings. The molecule has 188 valence electrons. The average molecular weight is 505 g/mol. The molecule has 0 spiro atoms. The first-order valence-electron chi connectivity index (χ1n) is 11.5. The molecule has 0 amide bonds. The molecule has 0 bridgehead atoms. The van der Waals surface area contributed by atoms with Gasteiger partial charge in [-0.05, 0) is 37.0 Å². The molecule has 0 aliphatic carbocycles. The Bertz CT molecular complexity index is 1110. The van der Waals surface area contributed by atoms with Crippen LogP contribution < -0.4 is 4.74 Å². The number of esters is 2. The number of benzene rings is 2. The molecule has 2 rings (SSSR count). The van der Waals surface area contributed by atoms with E-state index in [0.29, 0.717) is 29.8 Å². The summed E-state index contributed by atoms with van der Waals surface area (Å²) in [6, 6.07) is 6.48. The first-order valence-corrected chi connectivity index (χ1v) is 11.8. The van der Waals surface area contributed by atoms with Crippen LogP contribution in [0, 0.1) is 0 Å². The van der Waals surface area contributed by atoms with Gasteiger partial charge in [-0.25, -0.2) is 4.79 Å². The van der Waals surface area contributed by atoms with Gasteiger partial charge in [0, 0.05) is 24.3 Å². The summed E-state index contributed by atoms with van der Waals surface area (Å²) >= 11 is 5.88. The van der Waals surface area contributed by atoms with Gasteiger partial charge in [0.15, 0.2) is 23.1 Å². The van der Waals surface area contributed by atoms with E-state index in [0.717, 1.165) is 0 Å². The SMILES string of the molecule is CCCC(=O)Oc1c(O)c(O)c(C(=O)CCC)c(C(=O)OCc2ccc(Cl)cc2)c1C(=O)CCC. The van der Waals surface area contributed by atoms with E-state index < -0.39 is 57.4 Å². The first-order chi connectivity index (χ1) is 16.7. The molecule has 35 heavy (non-hydrogen) atoms. The number of hydrogen-bond donors (Lipinski definition) is 2. The van der Waals surface area contributed by atoms with Crippen molar-refractivity contribution < 1.29 is 38.9 Å². The topological polar surface area (TPSA) is 127 Å². The number of ether oxygens (including phenoxy) is 2. The molecule has 0 aliphatic heterocycles. The van der Waals surface area contributed by atoms with Crippen LogP contribution in [0.1, 0.15) is 95.9 Å². The van der Waals surface area contributed by atoms with Gasteiger partial charge in [0.1, 0.15) is 6.61 Å². The highest BCUT2D eigenvalue weighted by atomic mass is 35.5. The normalized spacial score (nSPS) is 10.6. The van der Waals surface area contributed by atoms with E-state index in [9.17, 15) is 29.4 Å². The summed E-state index contributed by atoms with van der Waals surface area (Å²) in [7, 11) is 0. The van der Waals surface area contributed by atoms with Gasteiger partial charge >= 0.3 is 11.9 Å². The maximum absolute atomic E-state index is 13.3. The Labute approximate surface area is 208 Å². The molecule has 0 aromatic heterocycles. The number of Topliss-reactive ketones (excluding diaryl/α,β-unsaturated/α-hetero) is 2. The first kappa shape index (κ1) is 27.9. The van der Waals surface area contributed by atoms with Crippen LogP contribution in [0.4, 0.5) is 0 Å². The Hall–Kier alpha value is -3.39. The van der Waals surface area contributed by atoms with Crippen molar-refractivity contribution in [3.8, 4) is 17.2 Å². The molecule has 0 atom stereocenters. The van der Waals surface area contributed by atoms with E-state index in [2.05, 4.69) is 0 Å². The molecular formula is C26H29ClO8. The lowest BCUT2D eigenvalue weighted by atomic mass is 9.90. The maximum Gasteiger partial charge on any atom is 0.340 e. The van der Waals surface area contributed by atoms with Crippen LogP contribution in [-0.4, -0.2) is 33.7 Å². The molecular weight excluding hydrogens is 476 g/mol. The predicted octanol–water partition coefficient (Wildman–Crippen LogP) is 5.78. The average Bonchev–Trinajstić information content (AvgIpc) is 2.81. The third-order valence-electron chi connectivity index (χ3n) is 5.07. The van der Waals surface area contributed by atoms with E-state index in [1.807, 2.05) is 0 Å². The third-order valence-corrected chi connectivity index (χ3v) is 5.32. The fourth-order valence-electron chi connectivity index (χ4n) is 3.42. The Morgan fingerprint density at radius 3 is 1.86 bits per heavy atom. The minimum Gasteiger partial charge on any atom is -0.504 e. The lowest BCUT2D eigenvalue weighted by molar-refractivity contribution is -0.134. The minimum absolute atomic E-state index is 0.0333. The second-order valence-electron chi connectivity index (χ2n) is 7.92. The number of ketones is 2. The van der Waals surface area contributed by atoms with E-state index in [4.69, 9.17) is 21.1 Å². The summed E-state index contributed by atoms with van der Waals surface area (Å²) in [5.41, 5.74) is -0.957. The van der Waals surface area contributed by atoms with Crippen LogP contribution in [0.5, 0.6) is 17.2 Å². The van der Waals surface area contributed by atoms with E-state index in [1.165, 1.54) is 0 Å². The Balaban J connectivity index is 2.72. The standard InChI is InChI=1S/C26H29ClO8/c1-4-7-17(28)20-22(26(33)34-14-15-10-12-16(27)13-11-15)21(18(29)8-5-2)25(24(32)23(20)31)35-19(30)9-6-3/h10-13,31-32H,4-9,14H2,1-3H3. The summed E-state index contributed by atoms with van der Waals surface area (Å²) in [6.45, 7) is 4.96. The molecule has 0 saturated carbocycles. The Morgan fingerprint density at radius 2 is 1.31 bits per heavy atom. The van der Waals surface area contributed by atoms with Crippen LogP contribution in [0.15, 0.2) is 24.3 Å². The van der Waals surface area contributed by atoms with Gasteiger partial charge in [-0.15, -0.1) is 0 Å². The zero-order valence-electron chi connectivity index (χ0n) is 20.0. The number of rotatable bonds is 12. The Morgan fingerprint density at radius 1 is 0.771 bits per heavy atom. The highest BCUT2D eigenvalue weighted by molar-refractivity contribution is 6.30. The Kier molecular flexibility index (Phi) is 10.3. The smallest absolute Gasteiger partial charge is 0.340 e. The van der Waals surface area contributed by atoms with E-state index >= 15 is 0 Å². The molecule has 0 radical (unpaired) electrons. The molecule has 9 heteroatoms. The van der Waals surface area contributed by atoms with Crippen LogP contribution in [-0.2, 0) is 16.1 Å². The summed E-state index contributed by atoms with van der Waals surface area (Å²) in [5, 5.41) is 21.8. The zero-order valence-corrected chi connectivity index (χ0v) is 20.7. The van der Waals surface area contributed by atoms with Crippen LogP contribution in [0.3, 0.4) is 0 Å². The van der Waals surface area contributed by atoms with Crippen LogP contribution in [0.25, 0.3) is 0 Å². The van der Waals surface area contributed by atoms with Crippen molar-refractivity contribution in [1.82, 2.24) is 0 Å². The number of halogens is 1. The van der Waals surface area contributed by atoms with Gasteiger partial charge < -0.3 is 19.7 Å².